The van der Waals surface area contributed by atoms with Gasteiger partial charge >= 0.3 is 0 Å². The van der Waals surface area contributed by atoms with Crippen LogP contribution in [0.25, 0.3) is 0 Å². The highest BCUT2D eigenvalue weighted by molar-refractivity contribution is 5.95. The number of nitrogens with one attached hydrogen (secondary N) is 1. The lowest BCUT2D eigenvalue weighted by atomic mass is 9.96. The molecule has 6 nitrogen and oxygen atoms in total. The number of ether oxygens (including phenoxy) is 2. The number of benzene rings is 1. The summed E-state index contributed by atoms with van der Waals surface area (Å²) in [6.45, 7) is 0.744. The zero-order valence-electron chi connectivity index (χ0n) is 13.4. The Hall–Kier alpha value is -2.50. The van der Waals surface area contributed by atoms with E-state index in [0.29, 0.717) is 17.1 Å². The van der Waals surface area contributed by atoms with Crippen LogP contribution in [0, 0.1) is 0 Å². The van der Waals surface area contributed by atoms with Crippen molar-refractivity contribution in [2.24, 2.45) is 0 Å². The highest BCUT2D eigenvalue weighted by Gasteiger charge is 2.29. The number of likely N-dealkylation sites (tertiary alicyclic amines) is 1. The summed E-state index contributed by atoms with van der Waals surface area (Å²) in [6.07, 6.45) is 6.74. The van der Waals surface area contributed by atoms with Gasteiger partial charge in [0.25, 0.3) is 5.91 Å². The Kier molecular flexibility index (Phi) is 4.50. The molecule has 0 spiro atoms. The summed E-state index contributed by atoms with van der Waals surface area (Å²) in [5, 5.41) is 6.85. The number of amides is 1. The largest absolute Gasteiger partial charge is 0.497 e. The molecule has 6 heteroatoms. The molecule has 1 amide bonds. The van der Waals surface area contributed by atoms with Crippen LogP contribution in [0.2, 0.25) is 0 Å². The molecule has 1 saturated heterocycles. The van der Waals surface area contributed by atoms with Crippen molar-refractivity contribution in [3.05, 3.63) is 41.7 Å². The minimum absolute atomic E-state index is 0.00639. The Morgan fingerprint density at radius 3 is 2.57 bits per heavy atom. The van der Waals surface area contributed by atoms with Crippen LogP contribution in [0.4, 0.5) is 0 Å². The van der Waals surface area contributed by atoms with Gasteiger partial charge in [-0.05, 0) is 31.4 Å². The second-order valence-corrected chi connectivity index (χ2v) is 5.64. The van der Waals surface area contributed by atoms with Crippen molar-refractivity contribution in [2.75, 3.05) is 20.8 Å². The summed E-state index contributed by atoms with van der Waals surface area (Å²) < 4.78 is 10.5. The van der Waals surface area contributed by atoms with Gasteiger partial charge in [0.2, 0.25) is 0 Å². The average Bonchev–Trinajstić information content (AvgIpc) is 3.15. The summed E-state index contributed by atoms with van der Waals surface area (Å²) in [5.41, 5.74) is 1.63. The molecule has 23 heavy (non-hydrogen) atoms. The molecule has 1 unspecified atom stereocenters. The summed E-state index contributed by atoms with van der Waals surface area (Å²) in [7, 11) is 3.16. The monoisotopic (exact) mass is 315 g/mol. The van der Waals surface area contributed by atoms with E-state index in [0.717, 1.165) is 31.4 Å². The molecule has 1 aromatic carbocycles. The highest BCUT2D eigenvalue weighted by Crippen LogP contribution is 2.33. The summed E-state index contributed by atoms with van der Waals surface area (Å²) in [5.74, 6) is 1.22. The lowest BCUT2D eigenvalue weighted by Crippen LogP contribution is -2.38. The molecule has 3 rings (SSSR count). The van der Waals surface area contributed by atoms with Crippen molar-refractivity contribution in [1.29, 1.82) is 0 Å². The molecular weight excluding hydrogens is 294 g/mol. The second kappa shape index (κ2) is 6.73. The first-order valence-electron chi connectivity index (χ1n) is 7.75. The molecule has 1 N–H and O–H groups in total. The Balaban J connectivity index is 1.91. The zero-order chi connectivity index (χ0) is 16.2. The van der Waals surface area contributed by atoms with Crippen LogP contribution in [0.5, 0.6) is 11.5 Å². The van der Waals surface area contributed by atoms with Crippen LogP contribution in [-0.4, -0.2) is 41.8 Å². The number of aromatic amines is 1. The molecule has 122 valence electrons. The third kappa shape index (κ3) is 3.16. The number of rotatable bonds is 4. The van der Waals surface area contributed by atoms with Gasteiger partial charge in [0.05, 0.1) is 26.5 Å². The van der Waals surface area contributed by atoms with Gasteiger partial charge < -0.3 is 14.4 Å². The van der Waals surface area contributed by atoms with Gasteiger partial charge in [-0.2, -0.15) is 5.10 Å². The van der Waals surface area contributed by atoms with Gasteiger partial charge in [-0.3, -0.25) is 9.89 Å². The minimum atomic E-state index is -0.00639. The van der Waals surface area contributed by atoms with E-state index in [1.165, 1.54) is 0 Å². The fraction of sp³-hybridized carbons (Fsp3) is 0.412. The van der Waals surface area contributed by atoms with E-state index in [9.17, 15) is 4.79 Å². The van der Waals surface area contributed by atoms with Crippen molar-refractivity contribution < 1.29 is 14.3 Å². The number of hydrogen-bond donors (Lipinski definition) is 1. The fourth-order valence-electron chi connectivity index (χ4n) is 3.06. The summed E-state index contributed by atoms with van der Waals surface area (Å²) in [6, 6.07) is 5.34. The molecule has 2 aromatic rings. The molecule has 0 aliphatic carbocycles. The Morgan fingerprint density at radius 2 is 1.96 bits per heavy atom. The molecule has 1 atom stereocenters. The SMILES string of the molecule is COc1cc(OC)cc(C(=O)N2CCCCC2c2cn[nH]c2)c1. The number of H-pyrrole nitrogens is 1. The molecule has 0 saturated carbocycles. The number of carbonyl (C=O) groups excluding carboxylic acids is 1. The smallest absolute Gasteiger partial charge is 0.254 e. The number of methoxy groups -OCH3 is 2. The normalized spacial score (nSPS) is 17.8. The van der Waals surface area contributed by atoms with E-state index in [1.54, 1.807) is 38.6 Å². The number of hydrogen-bond acceptors (Lipinski definition) is 4. The van der Waals surface area contributed by atoms with Crippen molar-refractivity contribution in [1.82, 2.24) is 15.1 Å². The molecule has 1 aliphatic heterocycles. The van der Waals surface area contributed by atoms with E-state index in [-0.39, 0.29) is 11.9 Å². The standard InChI is InChI=1S/C17H21N3O3/c1-22-14-7-12(8-15(9-14)23-2)17(21)20-6-4-3-5-16(20)13-10-18-19-11-13/h7-11,16H,3-6H2,1-2H3,(H,18,19). The van der Waals surface area contributed by atoms with Gasteiger partial charge in [-0.1, -0.05) is 0 Å². The van der Waals surface area contributed by atoms with Crippen LogP contribution in [0.1, 0.15) is 41.2 Å². The maximum atomic E-state index is 13.0. The predicted molar refractivity (Wildman–Crippen MR) is 85.8 cm³/mol. The molecule has 1 aromatic heterocycles. The van der Waals surface area contributed by atoms with Crippen molar-refractivity contribution in [3.8, 4) is 11.5 Å². The molecule has 0 bridgehead atoms. The van der Waals surface area contributed by atoms with Crippen LogP contribution in [-0.2, 0) is 0 Å². The van der Waals surface area contributed by atoms with Crippen LogP contribution in [0.3, 0.4) is 0 Å². The third-order valence-corrected chi connectivity index (χ3v) is 4.27. The third-order valence-electron chi connectivity index (χ3n) is 4.27. The maximum Gasteiger partial charge on any atom is 0.254 e. The topological polar surface area (TPSA) is 67.5 Å². The van der Waals surface area contributed by atoms with Gasteiger partial charge in [0.15, 0.2) is 0 Å². The second-order valence-electron chi connectivity index (χ2n) is 5.64. The van der Waals surface area contributed by atoms with E-state index in [2.05, 4.69) is 10.2 Å². The first kappa shape index (κ1) is 15.4. The summed E-state index contributed by atoms with van der Waals surface area (Å²) >= 11 is 0. The number of nitrogens with zero attached hydrogens (tertiary/aromatic N) is 2. The minimum Gasteiger partial charge on any atom is -0.497 e. The van der Waals surface area contributed by atoms with Crippen LogP contribution < -0.4 is 9.47 Å². The van der Waals surface area contributed by atoms with Gasteiger partial charge in [-0.15, -0.1) is 0 Å². The lowest BCUT2D eigenvalue weighted by Gasteiger charge is -2.35. The lowest BCUT2D eigenvalue weighted by molar-refractivity contribution is 0.0611. The first-order valence-corrected chi connectivity index (χ1v) is 7.75. The van der Waals surface area contributed by atoms with E-state index >= 15 is 0 Å². The van der Waals surface area contributed by atoms with Crippen molar-refractivity contribution in [2.45, 2.75) is 25.3 Å². The van der Waals surface area contributed by atoms with Gasteiger partial charge in [0.1, 0.15) is 11.5 Å². The Bertz CT molecular complexity index is 647. The Morgan fingerprint density at radius 1 is 1.22 bits per heavy atom. The van der Waals surface area contributed by atoms with Crippen molar-refractivity contribution in [3.63, 3.8) is 0 Å². The van der Waals surface area contributed by atoms with E-state index < -0.39 is 0 Å². The van der Waals surface area contributed by atoms with E-state index in [1.807, 2.05) is 11.1 Å². The van der Waals surface area contributed by atoms with Crippen LogP contribution in [0.15, 0.2) is 30.6 Å². The molecule has 1 fully saturated rings. The number of aromatic nitrogens is 2. The maximum absolute atomic E-state index is 13.0. The quantitative estimate of drug-likeness (QED) is 0.942. The molecule has 0 radical (unpaired) electrons. The molecular formula is C17H21N3O3. The average molecular weight is 315 g/mol. The van der Waals surface area contributed by atoms with E-state index in [4.69, 9.17) is 9.47 Å². The number of carbonyl (C=O) groups is 1. The van der Waals surface area contributed by atoms with Gasteiger partial charge in [-0.25, -0.2) is 0 Å². The number of piperidine rings is 1. The Labute approximate surface area is 135 Å². The summed E-state index contributed by atoms with van der Waals surface area (Å²) in [4.78, 5) is 14.9. The highest BCUT2D eigenvalue weighted by atomic mass is 16.5. The zero-order valence-corrected chi connectivity index (χ0v) is 13.4. The van der Waals surface area contributed by atoms with Crippen LogP contribution >= 0.6 is 0 Å². The van der Waals surface area contributed by atoms with Crippen molar-refractivity contribution >= 4 is 5.91 Å². The fourth-order valence-corrected chi connectivity index (χ4v) is 3.06. The predicted octanol–water partition coefficient (Wildman–Crippen LogP) is 2.79. The first-order chi connectivity index (χ1) is 11.2. The van der Waals surface area contributed by atoms with Gasteiger partial charge in [0, 0.05) is 29.9 Å². The molecule has 2 heterocycles. The molecule has 1 aliphatic rings.